The summed E-state index contributed by atoms with van der Waals surface area (Å²) >= 11 is 1.51. The van der Waals surface area contributed by atoms with E-state index in [-0.39, 0.29) is 11.7 Å². The summed E-state index contributed by atoms with van der Waals surface area (Å²) in [5.74, 6) is 1.27. The molecule has 3 rings (SSSR count). The van der Waals surface area contributed by atoms with Crippen LogP contribution in [-0.4, -0.2) is 26.1 Å². The predicted molar refractivity (Wildman–Crippen MR) is 61.6 cm³/mol. The molecule has 0 saturated heterocycles. The number of aromatic nitrogens is 4. The molecule has 2 heterocycles. The summed E-state index contributed by atoms with van der Waals surface area (Å²) in [6, 6.07) is 0. The van der Waals surface area contributed by atoms with Crippen molar-refractivity contribution in [2.24, 2.45) is 0 Å². The van der Waals surface area contributed by atoms with Crippen molar-refractivity contribution < 1.29 is 4.79 Å². The number of H-pyrrole nitrogens is 1. The third kappa shape index (κ3) is 2.33. The number of carbonyl (C=O) groups excluding carboxylic acids is 1. The number of hydrogen-bond acceptors (Lipinski definition) is 5. The van der Waals surface area contributed by atoms with Crippen molar-refractivity contribution in [3.8, 4) is 0 Å². The maximum atomic E-state index is 11.7. The molecule has 7 heteroatoms. The van der Waals surface area contributed by atoms with Crippen molar-refractivity contribution in [2.45, 2.75) is 25.3 Å². The molecule has 2 aromatic rings. The van der Waals surface area contributed by atoms with Crippen molar-refractivity contribution in [3.05, 3.63) is 28.2 Å². The average molecular weight is 249 g/mol. The summed E-state index contributed by atoms with van der Waals surface area (Å²) in [6.45, 7) is 0.469. The first kappa shape index (κ1) is 10.4. The van der Waals surface area contributed by atoms with Gasteiger partial charge >= 0.3 is 0 Å². The zero-order valence-corrected chi connectivity index (χ0v) is 9.83. The van der Waals surface area contributed by atoms with E-state index in [2.05, 4.69) is 25.5 Å². The molecular formula is C10H11N5OS. The minimum absolute atomic E-state index is 0.219. The Balaban J connectivity index is 1.60. The lowest BCUT2D eigenvalue weighted by Gasteiger charge is -1.98. The summed E-state index contributed by atoms with van der Waals surface area (Å²) in [6.07, 6.45) is 4.01. The van der Waals surface area contributed by atoms with Gasteiger partial charge in [0.2, 0.25) is 5.82 Å². The van der Waals surface area contributed by atoms with Gasteiger partial charge in [-0.25, -0.2) is 4.98 Å². The molecule has 1 fully saturated rings. The second kappa shape index (κ2) is 4.25. The standard InChI is InChI=1S/C10H11N5OS/c16-10(12-4-7-3-11-5-17-7)9-13-8(14-15-9)6-1-2-6/h3,5-6H,1-2,4H2,(H,12,16)(H,13,14,15). The van der Waals surface area contributed by atoms with Gasteiger partial charge in [0.05, 0.1) is 12.1 Å². The zero-order valence-electron chi connectivity index (χ0n) is 9.01. The number of hydrogen-bond donors (Lipinski definition) is 2. The minimum atomic E-state index is -0.249. The van der Waals surface area contributed by atoms with Gasteiger partial charge in [0.25, 0.3) is 5.91 Å². The molecule has 0 aliphatic heterocycles. The highest BCUT2D eigenvalue weighted by atomic mass is 32.1. The third-order valence-electron chi connectivity index (χ3n) is 2.58. The highest BCUT2D eigenvalue weighted by molar-refractivity contribution is 7.09. The Morgan fingerprint density at radius 2 is 2.47 bits per heavy atom. The van der Waals surface area contributed by atoms with E-state index in [0.717, 1.165) is 23.5 Å². The van der Waals surface area contributed by atoms with Crippen LogP contribution in [0.4, 0.5) is 0 Å². The molecule has 0 atom stereocenters. The Labute approximate surface area is 101 Å². The Kier molecular flexibility index (Phi) is 2.60. The van der Waals surface area contributed by atoms with E-state index >= 15 is 0 Å². The monoisotopic (exact) mass is 249 g/mol. The first-order chi connectivity index (χ1) is 8.33. The Morgan fingerprint density at radius 3 is 3.18 bits per heavy atom. The van der Waals surface area contributed by atoms with E-state index in [4.69, 9.17) is 0 Å². The maximum absolute atomic E-state index is 11.7. The smallest absolute Gasteiger partial charge is 0.291 e. The van der Waals surface area contributed by atoms with Gasteiger partial charge in [-0.15, -0.1) is 16.4 Å². The van der Waals surface area contributed by atoms with Crippen LogP contribution in [0.5, 0.6) is 0 Å². The largest absolute Gasteiger partial charge is 0.344 e. The quantitative estimate of drug-likeness (QED) is 0.849. The number of nitrogens with zero attached hydrogens (tertiary/aromatic N) is 3. The van der Waals surface area contributed by atoms with Gasteiger partial charge in [-0.2, -0.15) is 0 Å². The summed E-state index contributed by atoms with van der Waals surface area (Å²) in [5.41, 5.74) is 1.74. The van der Waals surface area contributed by atoms with Gasteiger partial charge in [-0.1, -0.05) is 0 Å². The van der Waals surface area contributed by atoms with Crippen LogP contribution < -0.4 is 5.32 Å². The highest BCUT2D eigenvalue weighted by Crippen LogP contribution is 2.37. The minimum Gasteiger partial charge on any atom is -0.344 e. The van der Waals surface area contributed by atoms with Crippen LogP contribution in [0.1, 0.15) is 40.1 Å². The summed E-state index contributed by atoms with van der Waals surface area (Å²) in [5, 5.41) is 9.49. The number of aromatic amines is 1. The lowest BCUT2D eigenvalue weighted by Crippen LogP contribution is -2.23. The molecule has 1 aliphatic rings. The second-order valence-electron chi connectivity index (χ2n) is 3.97. The lowest BCUT2D eigenvalue weighted by molar-refractivity contribution is 0.0941. The van der Waals surface area contributed by atoms with Crippen LogP contribution in [0.2, 0.25) is 0 Å². The Bertz CT molecular complexity index is 517. The number of amides is 1. The van der Waals surface area contributed by atoms with Crippen molar-refractivity contribution in [3.63, 3.8) is 0 Å². The number of thiazole rings is 1. The van der Waals surface area contributed by atoms with E-state index in [1.165, 1.54) is 11.3 Å². The van der Waals surface area contributed by atoms with E-state index in [1.807, 2.05) is 0 Å². The maximum Gasteiger partial charge on any atom is 0.291 e. The van der Waals surface area contributed by atoms with E-state index in [1.54, 1.807) is 11.7 Å². The molecule has 88 valence electrons. The number of nitrogens with one attached hydrogen (secondary N) is 2. The fraction of sp³-hybridized carbons (Fsp3) is 0.400. The fourth-order valence-corrected chi connectivity index (χ4v) is 2.03. The van der Waals surface area contributed by atoms with Crippen molar-refractivity contribution in [1.29, 1.82) is 0 Å². The second-order valence-corrected chi connectivity index (χ2v) is 4.94. The molecule has 2 aromatic heterocycles. The van der Waals surface area contributed by atoms with Crippen LogP contribution in [0.3, 0.4) is 0 Å². The van der Waals surface area contributed by atoms with Gasteiger partial charge in [-0.3, -0.25) is 14.9 Å². The molecule has 2 N–H and O–H groups in total. The molecule has 0 aromatic carbocycles. The molecule has 1 amide bonds. The molecule has 1 aliphatic carbocycles. The van der Waals surface area contributed by atoms with Crippen LogP contribution in [0.25, 0.3) is 0 Å². The van der Waals surface area contributed by atoms with Crippen LogP contribution >= 0.6 is 11.3 Å². The van der Waals surface area contributed by atoms with Crippen LogP contribution in [-0.2, 0) is 6.54 Å². The summed E-state index contributed by atoms with van der Waals surface area (Å²) in [7, 11) is 0. The SMILES string of the molecule is O=C(NCc1cncs1)c1n[nH]c(C2CC2)n1. The highest BCUT2D eigenvalue weighted by Gasteiger charge is 2.28. The molecule has 1 saturated carbocycles. The zero-order chi connectivity index (χ0) is 11.7. The van der Waals surface area contributed by atoms with Crippen molar-refractivity contribution in [2.75, 3.05) is 0 Å². The Hall–Kier alpha value is -1.76. The topological polar surface area (TPSA) is 83.6 Å². The number of rotatable bonds is 4. The molecule has 0 unspecified atom stereocenters. The Morgan fingerprint density at radius 1 is 1.59 bits per heavy atom. The summed E-state index contributed by atoms with van der Waals surface area (Å²) < 4.78 is 0. The lowest BCUT2D eigenvalue weighted by atomic mass is 10.4. The van der Waals surface area contributed by atoms with Crippen LogP contribution in [0.15, 0.2) is 11.7 Å². The van der Waals surface area contributed by atoms with Gasteiger partial charge in [0.15, 0.2) is 0 Å². The van der Waals surface area contributed by atoms with Gasteiger partial charge < -0.3 is 5.32 Å². The van der Waals surface area contributed by atoms with E-state index in [0.29, 0.717) is 12.5 Å². The number of carbonyl (C=O) groups is 1. The summed E-state index contributed by atoms with van der Waals surface area (Å²) in [4.78, 5) is 20.9. The molecule has 0 bridgehead atoms. The van der Waals surface area contributed by atoms with Gasteiger partial charge in [-0.05, 0) is 12.8 Å². The van der Waals surface area contributed by atoms with E-state index in [9.17, 15) is 4.79 Å². The van der Waals surface area contributed by atoms with Gasteiger partial charge in [0.1, 0.15) is 5.82 Å². The molecule has 6 nitrogen and oxygen atoms in total. The van der Waals surface area contributed by atoms with E-state index < -0.39 is 0 Å². The van der Waals surface area contributed by atoms with Gasteiger partial charge in [0, 0.05) is 17.0 Å². The van der Waals surface area contributed by atoms with Crippen LogP contribution in [0, 0.1) is 0 Å². The van der Waals surface area contributed by atoms with Crippen molar-refractivity contribution in [1.82, 2.24) is 25.5 Å². The fourth-order valence-electron chi connectivity index (χ4n) is 1.49. The molecular weight excluding hydrogens is 238 g/mol. The predicted octanol–water partition coefficient (Wildman–Crippen LogP) is 1.07. The van der Waals surface area contributed by atoms with Crippen molar-refractivity contribution >= 4 is 17.2 Å². The first-order valence-electron chi connectivity index (χ1n) is 5.41. The molecule has 0 radical (unpaired) electrons. The average Bonchev–Trinajstić information content (AvgIpc) is 2.88. The molecule has 17 heavy (non-hydrogen) atoms. The third-order valence-corrected chi connectivity index (χ3v) is 3.36. The first-order valence-corrected chi connectivity index (χ1v) is 6.29. The molecule has 0 spiro atoms. The normalized spacial score (nSPS) is 14.8.